The van der Waals surface area contributed by atoms with E-state index in [4.69, 9.17) is 10.00 Å². The Bertz CT molecular complexity index is 729. The molecule has 1 fully saturated rings. The molecule has 0 radical (unpaired) electrons. The summed E-state index contributed by atoms with van der Waals surface area (Å²) in [5, 5.41) is 11.9. The molecule has 1 aliphatic heterocycles. The molecule has 7 heteroatoms. The normalized spacial score (nSPS) is 15.1. The van der Waals surface area contributed by atoms with Crippen molar-refractivity contribution in [2.24, 2.45) is 11.3 Å². The molecule has 2 amide bonds. The first-order chi connectivity index (χ1) is 13.7. The number of piperidine rings is 1. The molecule has 29 heavy (non-hydrogen) atoms. The number of rotatable bonds is 8. The van der Waals surface area contributed by atoms with Crippen LogP contribution in [0.2, 0.25) is 0 Å². The maximum atomic E-state index is 12.5. The van der Waals surface area contributed by atoms with E-state index in [1.54, 1.807) is 29.2 Å². The highest BCUT2D eigenvalue weighted by Gasteiger charge is 2.28. The van der Waals surface area contributed by atoms with Gasteiger partial charge in [-0.1, -0.05) is 13.8 Å². The van der Waals surface area contributed by atoms with Gasteiger partial charge in [-0.2, -0.15) is 5.26 Å². The molecule has 2 rings (SSSR count). The molecule has 0 atom stereocenters. The molecular formula is C22H32N4O3. The van der Waals surface area contributed by atoms with E-state index in [0.717, 1.165) is 6.54 Å². The lowest BCUT2D eigenvalue weighted by molar-refractivity contribution is -0.137. The van der Waals surface area contributed by atoms with Crippen molar-refractivity contribution in [2.75, 3.05) is 46.9 Å². The maximum Gasteiger partial charge on any atom is 0.260 e. The van der Waals surface area contributed by atoms with Crippen molar-refractivity contribution in [1.29, 1.82) is 5.26 Å². The van der Waals surface area contributed by atoms with Gasteiger partial charge < -0.3 is 19.9 Å². The van der Waals surface area contributed by atoms with Gasteiger partial charge in [0.05, 0.1) is 11.6 Å². The summed E-state index contributed by atoms with van der Waals surface area (Å²) in [6.45, 7) is 6.91. The third kappa shape index (κ3) is 7.39. The molecule has 158 valence electrons. The highest BCUT2D eigenvalue weighted by atomic mass is 16.5. The molecule has 1 aromatic rings. The fourth-order valence-corrected chi connectivity index (χ4v) is 3.64. The number of nitriles is 1. The van der Waals surface area contributed by atoms with Gasteiger partial charge in [-0.15, -0.1) is 0 Å². The van der Waals surface area contributed by atoms with Crippen LogP contribution in [-0.2, 0) is 9.59 Å². The van der Waals surface area contributed by atoms with Gasteiger partial charge in [-0.25, -0.2) is 0 Å². The molecule has 1 saturated heterocycles. The van der Waals surface area contributed by atoms with E-state index in [-0.39, 0.29) is 29.8 Å². The lowest BCUT2D eigenvalue weighted by Gasteiger charge is -2.33. The Morgan fingerprint density at radius 2 is 1.86 bits per heavy atom. The van der Waals surface area contributed by atoms with Crippen LogP contribution in [0.5, 0.6) is 5.75 Å². The molecule has 0 saturated carbocycles. The van der Waals surface area contributed by atoms with Crippen LogP contribution in [0.15, 0.2) is 24.3 Å². The van der Waals surface area contributed by atoms with E-state index in [1.165, 1.54) is 0 Å². The van der Waals surface area contributed by atoms with Gasteiger partial charge in [0.2, 0.25) is 5.91 Å². The number of amides is 2. The molecule has 0 aromatic heterocycles. The minimum absolute atomic E-state index is 0.0125. The second kappa shape index (κ2) is 10.3. The molecule has 1 aromatic carbocycles. The first-order valence-corrected chi connectivity index (χ1v) is 10.0. The summed E-state index contributed by atoms with van der Waals surface area (Å²) in [6.07, 6.45) is 1.34. The topological polar surface area (TPSA) is 85.7 Å². The summed E-state index contributed by atoms with van der Waals surface area (Å²) < 4.78 is 5.52. The van der Waals surface area contributed by atoms with Crippen LogP contribution in [-0.4, -0.2) is 68.5 Å². The van der Waals surface area contributed by atoms with Crippen molar-refractivity contribution in [2.45, 2.75) is 26.7 Å². The molecule has 0 unspecified atom stereocenters. The van der Waals surface area contributed by atoms with Crippen LogP contribution in [0, 0.1) is 22.7 Å². The van der Waals surface area contributed by atoms with E-state index in [0.29, 0.717) is 43.8 Å². The van der Waals surface area contributed by atoms with Crippen LogP contribution in [0.4, 0.5) is 0 Å². The number of hydrogen-bond acceptors (Lipinski definition) is 5. The molecule has 1 aliphatic rings. The average molecular weight is 401 g/mol. The fourth-order valence-electron chi connectivity index (χ4n) is 3.64. The monoisotopic (exact) mass is 400 g/mol. The predicted octanol–water partition coefficient (Wildman–Crippen LogP) is 1.88. The van der Waals surface area contributed by atoms with Gasteiger partial charge in [0.15, 0.2) is 6.61 Å². The standard InChI is InChI=1S/C22H32N4O3/c1-22(2,16-25(3)4)15-24-21(28)18-9-11-26(12-10-18)20(27)14-29-19-7-5-17(13-23)6-8-19/h5-8,18H,9-12,14-16H2,1-4H3,(H,24,28). The van der Waals surface area contributed by atoms with Gasteiger partial charge in [-0.05, 0) is 56.6 Å². The zero-order chi connectivity index (χ0) is 21.4. The number of hydrogen-bond donors (Lipinski definition) is 1. The second-order valence-corrected chi connectivity index (χ2v) is 8.70. The highest BCUT2D eigenvalue weighted by molar-refractivity contribution is 5.80. The number of nitrogens with zero attached hydrogens (tertiary/aromatic N) is 3. The molecule has 0 aliphatic carbocycles. The van der Waals surface area contributed by atoms with E-state index >= 15 is 0 Å². The molecule has 0 spiro atoms. The van der Waals surface area contributed by atoms with Crippen molar-refractivity contribution < 1.29 is 14.3 Å². The molecule has 0 bridgehead atoms. The predicted molar refractivity (Wildman–Crippen MR) is 111 cm³/mol. The first-order valence-electron chi connectivity index (χ1n) is 10.0. The third-order valence-electron chi connectivity index (χ3n) is 5.05. The Morgan fingerprint density at radius 1 is 1.24 bits per heavy atom. The number of ether oxygens (including phenoxy) is 1. The zero-order valence-electron chi connectivity index (χ0n) is 17.9. The van der Waals surface area contributed by atoms with Crippen molar-refractivity contribution in [3.05, 3.63) is 29.8 Å². The number of carbonyl (C=O) groups excluding carboxylic acids is 2. The summed E-state index contributed by atoms with van der Waals surface area (Å²) in [7, 11) is 4.06. The van der Waals surface area contributed by atoms with Crippen LogP contribution < -0.4 is 10.1 Å². The van der Waals surface area contributed by atoms with Gasteiger partial charge in [-0.3, -0.25) is 9.59 Å². The van der Waals surface area contributed by atoms with Gasteiger partial charge in [0.25, 0.3) is 5.91 Å². The minimum atomic E-state index is -0.0830. The van der Waals surface area contributed by atoms with Crippen LogP contribution in [0.3, 0.4) is 0 Å². The number of carbonyl (C=O) groups is 2. The van der Waals surface area contributed by atoms with Crippen LogP contribution in [0.25, 0.3) is 0 Å². The minimum Gasteiger partial charge on any atom is -0.484 e. The lowest BCUT2D eigenvalue weighted by atomic mass is 9.91. The smallest absolute Gasteiger partial charge is 0.260 e. The van der Waals surface area contributed by atoms with E-state index < -0.39 is 0 Å². The summed E-state index contributed by atoms with van der Waals surface area (Å²) in [4.78, 5) is 28.7. The van der Waals surface area contributed by atoms with E-state index in [9.17, 15) is 9.59 Å². The Kier molecular flexibility index (Phi) is 8.03. The van der Waals surface area contributed by atoms with E-state index in [1.807, 2.05) is 20.2 Å². The zero-order valence-corrected chi connectivity index (χ0v) is 17.9. The Morgan fingerprint density at radius 3 is 2.41 bits per heavy atom. The molecular weight excluding hydrogens is 368 g/mol. The summed E-state index contributed by atoms with van der Waals surface area (Å²) in [5.74, 6) is 0.513. The van der Waals surface area contributed by atoms with Crippen molar-refractivity contribution in [3.8, 4) is 11.8 Å². The SMILES string of the molecule is CN(C)CC(C)(C)CNC(=O)C1CCN(C(=O)COc2ccc(C#N)cc2)CC1. The summed E-state index contributed by atoms with van der Waals surface area (Å²) >= 11 is 0. The Labute approximate surface area is 173 Å². The van der Waals surface area contributed by atoms with Crippen molar-refractivity contribution in [1.82, 2.24) is 15.1 Å². The highest BCUT2D eigenvalue weighted by Crippen LogP contribution is 2.20. The lowest BCUT2D eigenvalue weighted by Crippen LogP contribution is -2.46. The van der Waals surface area contributed by atoms with Crippen LogP contribution in [0.1, 0.15) is 32.3 Å². The van der Waals surface area contributed by atoms with Crippen molar-refractivity contribution >= 4 is 11.8 Å². The second-order valence-electron chi connectivity index (χ2n) is 8.70. The summed E-state index contributed by atoms with van der Waals surface area (Å²) in [6, 6.07) is 8.72. The number of likely N-dealkylation sites (tertiary alicyclic amines) is 1. The van der Waals surface area contributed by atoms with Gasteiger partial charge >= 0.3 is 0 Å². The first kappa shape index (κ1) is 22.7. The van der Waals surface area contributed by atoms with Gasteiger partial charge in [0, 0.05) is 32.1 Å². The van der Waals surface area contributed by atoms with Crippen molar-refractivity contribution in [3.63, 3.8) is 0 Å². The largest absolute Gasteiger partial charge is 0.484 e. The quantitative estimate of drug-likeness (QED) is 0.720. The van der Waals surface area contributed by atoms with E-state index in [2.05, 4.69) is 24.1 Å². The third-order valence-corrected chi connectivity index (χ3v) is 5.05. The number of nitrogens with one attached hydrogen (secondary N) is 1. The molecule has 1 N–H and O–H groups in total. The average Bonchev–Trinajstić information content (AvgIpc) is 2.70. The Hall–Kier alpha value is -2.59. The molecule has 7 nitrogen and oxygen atoms in total. The van der Waals surface area contributed by atoms with Gasteiger partial charge in [0.1, 0.15) is 5.75 Å². The molecule has 1 heterocycles. The van der Waals surface area contributed by atoms with Crippen LogP contribution >= 0.6 is 0 Å². The Balaban J connectivity index is 1.72. The maximum absolute atomic E-state index is 12.5. The fraction of sp³-hybridized carbons (Fsp3) is 0.591. The summed E-state index contributed by atoms with van der Waals surface area (Å²) in [5.41, 5.74) is 0.563. The number of benzene rings is 1.